The van der Waals surface area contributed by atoms with Gasteiger partial charge in [-0.2, -0.15) is 0 Å². The Morgan fingerprint density at radius 3 is 2.29 bits per heavy atom. The third-order valence-corrected chi connectivity index (χ3v) is 2.35. The lowest BCUT2D eigenvalue weighted by Gasteiger charge is -2.25. The molecule has 0 aliphatic heterocycles. The predicted octanol–water partition coefficient (Wildman–Crippen LogP) is 1.13. The fourth-order valence-electron chi connectivity index (χ4n) is 1.40. The molecule has 5 nitrogen and oxygen atoms in total. The van der Waals surface area contributed by atoms with Crippen LogP contribution >= 0.6 is 0 Å². The monoisotopic (exact) mass is 244 g/mol. The van der Waals surface area contributed by atoms with E-state index in [2.05, 4.69) is 10.6 Å². The summed E-state index contributed by atoms with van der Waals surface area (Å²) in [5, 5.41) is 14.6. The summed E-state index contributed by atoms with van der Waals surface area (Å²) in [5.41, 5.74) is -0.465. The molecule has 0 aromatic carbocycles. The Morgan fingerprint density at radius 2 is 1.82 bits per heavy atom. The van der Waals surface area contributed by atoms with Gasteiger partial charge in [0.2, 0.25) is 5.91 Å². The molecular weight excluding hydrogens is 220 g/mol. The minimum absolute atomic E-state index is 0.0476. The Labute approximate surface area is 103 Å². The molecule has 17 heavy (non-hydrogen) atoms. The number of hydrogen-bond acceptors (Lipinski definition) is 3. The first-order chi connectivity index (χ1) is 7.73. The highest BCUT2D eigenvalue weighted by Gasteiger charge is 2.21. The van der Waals surface area contributed by atoms with E-state index in [9.17, 15) is 9.59 Å². The van der Waals surface area contributed by atoms with Gasteiger partial charge >= 0.3 is 5.97 Å². The molecule has 3 N–H and O–H groups in total. The van der Waals surface area contributed by atoms with E-state index in [1.807, 2.05) is 27.7 Å². The van der Waals surface area contributed by atoms with Gasteiger partial charge in [0.05, 0.1) is 0 Å². The summed E-state index contributed by atoms with van der Waals surface area (Å²) in [4.78, 5) is 22.0. The Hall–Kier alpha value is -1.10. The summed E-state index contributed by atoms with van der Waals surface area (Å²) >= 11 is 0. The van der Waals surface area contributed by atoms with Crippen LogP contribution in [0.3, 0.4) is 0 Å². The van der Waals surface area contributed by atoms with Crippen LogP contribution in [-0.4, -0.2) is 35.1 Å². The van der Waals surface area contributed by atoms with Gasteiger partial charge in [0, 0.05) is 31.0 Å². The van der Waals surface area contributed by atoms with E-state index in [0.717, 1.165) is 0 Å². The van der Waals surface area contributed by atoms with Crippen LogP contribution in [0, 0.1) is 0 Å². The van der Waals surface area contributed by atoms with Crippen LogP contribution in [-0.2, 0) is 9.59 Å². The van der Waals surface area contributed by atoms with Crippen molar-refractivity contribution in [3.8, 4) is 0 Å². The van der Waals surface area contributed by atoms with Crippen molar-refractivity contribution in [2.75, 3.05) is 6.54 Å². The van der Waals surface area contributed by atoms with E-state index >= 15 is 0 Å². The van der Waals surface area contributed by atoms with Crippen LogP contribution in [0.2, 0.25) is 0 Å². The number of aliphatic carboxylic acids is 1. The van der Waals surface area contributed by atoms with Crippen LogP contribution in [0.15, 0.2) is 0 Å². The van der Waals surface area contributed by atoms with Gasteiger partial charge in [0.15, 0.2) is 0 Å². The van der Waals surface area contributed by atoms with Gasteiger partial charge in [-0.3, -0.25) is 9.59 Å². The molecule has 0 saturated carbocycles. The number of carboxylic acid groups (broad SMARTS) is 1. The summed E-state index contributed by atoms with van der Waals surface area (Å²) in [5.74, 6) is -0.887. The predicted molar refractivity (Wildman–Crippen MR) is 66.8 cm³/mol. The molecule has 0 fully saturated rings. The minimum Gasteiger partial charge on any atom is -0.481 e. The maximum absolute atomic E-state index is 11.6. The Kier molecular flexibility index (Phi) is 6.80. The maximum Gasteiger partial charge on any atom is 0.303 e. The maximum atomic E-state index is 11.6. The average Bonchev–Trinajstić information content (AvgIpc) is 2.13. The second kappa shape index (κ2) is 7.27. The molecule has 0 atom stereocenters. The number of carboxylic acids is 1. The van der Waals surface area contributed by atoms with Crippen molar-refractivity contribution in [1.29, 1.82) is 0 Å². The van der Waals surface area contributed by atoms with Crippen LogP contribution in [0.25, 0.3) is 0 Å². The highest BCUT2D eigenvalue weighted by Crippen LogP contribution is 2.11. The zero-order valence-electron chi connectivity index (χ0n) is 11.2. The van der Waals surface area contributed by atoms with Gasteiger partial charge in [-0.1, -0.05) is 13.8 Å². The first-order valence-corrected chi connectivity index (χ1v) is 5.99. The zero-order valence-corrected chi connectivity index (χ0v) is 11.2. The van der Waals surface area contributed by atoms with Crippen molar-refractivity contribution in [2.24, 2.45) is 0 Å². The molecule has 0 aromatic rings. The van der Waals surface area contributed by atoms with Gasteiger partial charge in [-0.05, 0) is 20.3 Å². The summed E-state index contributed by atoms with van der Waals surface area (Å²) in [6.45, 7) is 8.36. The molecule has 1 amide bonds. The van der Waals surface area contributed by atoms with Crippen molar-refractivity contribution in [2.45, 2.75) is 58.5 Å². The van der Waals surface area contributed by atoms with E-state index in [4.69, 9.17) is 5.11 Å². The molecule has 0 rings (SSSR count). The molecule has 0 spiro atoms. The third-order valence-electron chi connectivity index (χ3n) is 2.35. The van der Waals surface area contributed by atoms with Crippen LogP contribution in [0.4, 0.5) is 0 Å². The van der Waals surface area contributed by atoms with Gasteiger partial charge in [0.1, 0.15) is 0 Å². The first-order valence-electron chi connectivity index (χ1n) is 5.99. The van der Waals surface area contributed by atoms with E-state index in [1.54, 1.807) is 0 Å². The van der Waals surface area contributed by atoms with E-state index in [1.165, 1.54) is 0 Å². The van der Waals surface area contributed by atoms with E-state index < -0.39 is 11.5 Å². The average molecular weight is 244 g/mol. The van der Waals surface area contributed by atoms with Gasteiger partial charge in [0.25, 0.3) is 0 Å². The van der Waals surface area contributed by atoms with Crippen molar-refractivity contribution in [1.82, 2.24) is 10.6 Å². The van der Waals surface area contributed by atoms with E-state index in [-0.39, 0.29) is 12.3 Å². The van der Waals surface area contributed by atoms with Crippen molar-refractivity contribution in [3.63, 3.8) is 0 Å². The molecule has 0 aliphatic carbocycles. The Morgan fingerprint density at radius 1 is 1.24 bits per heavy atom. The SMILES string of the molecule is CC(C)NCCC(=O)NC(C)(C)CCC(=O)O. The molecule has 0 aliphatic rings. The van der Waals surface area contributed by atoms with Crippen LogP contribution < -0.4 is 10.6 Å². The number of carbonyl (C=O) groups excluding carboxylic acids is 1. The minimum atomic E-state index is -0.839. The molecule has 100 valence electrons. The van der Waals surface area contributed by atoms with Crippen LogP contribution in [0.5, 0.6) is 0 Å². The summed E-state index contributed by atoms with van der Waals surface area (Å²) in [7, 11) is 0. The Bertz CT molecular complexity index is 262. The Balaban J connectivity index is 3.88. The molecule has 0 aromatic heterocycles. The molecule has 5 heteroatoms. The quantitative estimate of drug-likeness (QED) is 0.598. The topological polar surface area (TPSA) is 78.4 Å². The van der Waals surface area contributed by atoms with Gasteiger partial charge < -0.3 is 15.7 Å². The lowest BCUT2D eigenvalue weighted by Crippen LogP contribution is -2.44. The first kappa shape index (κ1) is 15.9. The van der Waals surface area contributed by atoms with Crippen molar-refractivity contribution in [3.05, 3.63) is 0 Å². The zero-order chi connectivity index (χ0) is 13.5. The smallest absolute Gasteiger partial charge is 0.303 e. The number of amides is 1. The summed E-state index contributed by atoms with van der Waals surface area (Å²) in [6, 6.07) is 0.364. The second-order valence-corrected chi connectivity index (χ2v) is 5.18. The highest BCUT2D eigenvalue weighted by atomic mass is 16.4. The highest BCUT2D eigenvalue weighted by molar-refractivity contribution is 5.77. The second-order valence-electron chi connectivity index (χ2n) is 5.18. The number of carbonyl (C=O) groups is 2. The molecule has 0 heterocycles. The van der Waals surface area contributed by atoms with Crippen molar-refractivity contribution < 1.29 is 14.7 Å². The summed E-state index contributed by atoms with van der Waals surface area (Å²) < 4.78 is 0. The lowest BCUT2D eigenvalue weighted by atomic mass is 9.98. The normalized spacial score (nSPS) is 11.6. The largest absolute Gasteiger partial charge is 0.481 e. The lowest BCUT2D eigenvalue weighted by molar-refractivity contribution is -0.137. The number of hydrogen-bond donors (Lipinski definition) is 3. The van der Waals surface area contributed by atoms with E-state index in [0.29, 0.717) is 25.4 Å². The number of rotatable bonds is 8. The van der Waals surface area contributed by atoms with Crippen LogP contribution in [0.1, 0.15) is 47.0 Å². The van der Waals surface area contributed by atoms with Crippen molar-refractivity contribution >= 4 is 11.9 Å². The number of nitrogens with one attached hydrogen (secondary N) is 2. The molecule has 0 bridgehead atoms. The fourth-order valence-corrected chi connectivity index (χ4v) is 1.40. The van der Waals surface area contributed by atoms with Gasteiger partial charge in [-0.25, -0.2) is 0 Å². The molecule has 0 saturated heterocycles. The summed E-state index contributed by atoms with van der Waals surface area (Å²) in [6.07, 6.45) is 0.915. The molecular formula is C12H24N2O3. The third kappa shape index (κ3) is 9.81. The standard InChI is InChI=1S/C12H24N2O3/c1-9(2)13-8-6-10(15)14-12(3,4)7-5-11(16)17/h9,13H,5-8H2,1-4H3,(H,14,15)(H,16,17). The fraction of sp³-hybridized carbons (Fsp3) is 0.833. The molecule has 0 unspecified atom stereocenters. The van der Waals surface area contributed by atoms with Gasteiger partial charge in [-0.15, -0.1) is 0 Å². The molecule has 0 radical (unpaired) electrons.